The van der Waals surface area contributed by atoms with Gasteiger partial charge in [0.2, 0.25) is 5.13 Å². The molecule has 9 heteroatoms. The molecule has 152 valence electrons. The first-order chi connectivity index (χ1) is 14.5. The Kier molecular flexibility index (Phi) is 5.76. The summed E-state index contributed by atoms with van der Waals surface area (Å²) >= 11 is 13.3. The average molecular weight is 460 g/mol. The van der Waals surface area contributed by atoms with Crippen molar-refractivity contribution in [3.8, 4) is 17.0 Å². The average Bonchev–Trinajstić information content (AvgIpc) is 3.21. The Morgan fingerprint density at radius 1 is 1.20 bits per heavy atom. The van der Waals surface area contributed by atoms with Crippen LogP contribution in [0.25, 0.3) is 22.2 Å². The Bertz CT molecular complexity index is 1330. The van der Waals surface area contributed by atoms with E-state index in [9.17, 15) is 4.79 Å². The van der Waals surface area contributed by atoms with E-state index in [1.165, 1.54) is 18.4 Å². The van der Waals surface area contributed by atoms with E-state index in [1.807, 2.05) is 25.1 Å². The van der Waals surface area contributed by atoms with Crippen molar-refractivity contribution in [2.75, 3.05) is 12.5 Å². The molecule has 0 saturated carbocycles. The SMILES string of the molecule is COc1cccc2cc(-c3csc(N/N=C(/C)c4ccc(Cl)c(Cl)c4)n3)c(=O)oc12. The maximum absolute atomic E-state index is 12.5. The number of aromatic nitrogens is 1. The van der Waals surface area contributed by atoms with Gasteiger partial charge in [-0.3, -0.25) is 5.43 Å². The first-order valence-corrected chi connectivity index (χ1v) is 10.4. The van der Waals surface area contributed by atoms with Crippen molar-refractivity contribution < 1.29 is 9.15 Å². The lowest BCUT2D eigenvalue weighted by atomic mass is 10.1. The number of hydrazone groups is 1. The van der Waals surface area contributed by atoms with Crippen LogP contribution in [0.5, 0.6) is 5.75 Å². The molecule has 0 saturated heterocycles. The molecular weight excluding hydrogens is 445 g/mol. The number of methoxy groups -OCH3 is 1. The van der Waals surface area contributed by atoms with Crippen LogP contribution in [0.2, 0.25) is 10.0 Å². The van der Waals surface area contributed by atoms with Crippen molar-refractivity contribution in [1.82, 2.24) is 4.98 Å². The Morgan fingerprint density at radius 2 is 2.03 bits per heavy atom. The van der Waals surface area contributed by atoms with E-state index in [2.05, 4.69) is 15.5 Å². The lowest BCUT2D eigenvalue weighted by molar-refractivity contribution is 0.407. The van der Waals surface area contributed by atoms with Crippen LogP contribution in [0.3, 0.4) is 0 Å². The number of ether oxygens (including phenoxy) is 1. The third-order valence-corrected chi connectivity index (χ3v) is 5.87. The van der Waals surface area contributed by atoms with Crippen molar-refractivity contribution in [2.24, 2.45) is 5.10 Å². The monoisotopic (exact) mass is 459 g/mol. The molecule has 0 aliphatic heterocycles. The van der Waals surface area contributed by atoms with Crippen LogP contribution in [-0.4, -0.2) is 17.8 Å². The molecule has 2 heterocycles. The van der Waals surface area contributed by atoms with Crippen LogP contribution < -0.4 is 15.8 Å². The van der Waals surface area contributed by atoms with Crippen molar-refractivity contribution in [3.05, 3.63) is 73.9 Å². The maximum atomic E-state index is 12.5. The molecule has 1 N–H and O–H groups in total. The molecule has 0 amide bonds. The van der Waals surface area contributed by atoms with Gasteiger partial charge in [-0.2, -0.15) is 5.10 Å². The van der Waals surface area contributed by atoms with Crippen LogP contribution >= 0.6 is 34.5 Å². The number of hydrogen-bond acceptors (Lipinski definition) is 7. The largest absolute Gasteiger partial charge is 0.493 e. The van der Waals surface area contributed by atoms with Gasteiger partial charge in [0.15, 0.2) is 11.3 Å². The molecule has 0 fully saturated rings. The number of thiazole rings is 1. The van der Waals surface area contributed by atoms with E-state index in [4.69, 9.17) is 32.4 Å². The molecule has 30 heavy (non-hydrogen) atoms. The second-order valence-corrected chi connectivity index (χ2v) is 7.97. The highest BCUT2D eigenvalue weighted by molar-refractivity contribution is 7.14. The first kappa shape index (κ1) is 20.4. The Labute approximate surface area is 185 Å². The second kappa shape index (κ2) is 8.47. The van der Waals surface area contributed by atoms with Crippen molar-refractivity contribution in [2.45, 2.75) is 6.92 Å². The van der Waals surface area contributed by atoms with Crippen LogP contribution in [0.15, 0.2) is 62.2 Å². The number of benzene rings is 2. The second-order valence-electron chi connectivity index (χ2n) is 6.30. The van der Waals surface area contributed by atoms with Gasteiger partial charge in [-0.1, -0.05) is 41.4 Å². The molecule has 2 aromatic carbocycles. The van der Waals surface area contributed by atoms with Gasteiger partial charge < -0.3 is 9.15 Å². The zero-order valence-electron chi connectivity index (χ0n) is 15.9. The van der Waals surface area contributed by atoms with E-state index in [1.54, 1.807) is 29.6 Å². The molecular formula is C21H15Cl2N3O3S. The number of nitrogens with one attached hydrogen (secondary N) is 1. The van der Waals surface area contributed by atoms with E-state index in [0.29, 0.717) is 43.5 Å². The minimum absolute atomic E-state index is 0.366. The summed E-state index contributed by atoms with van der Waals surface area (Å²) in [6.07, 6.45) is 0. The topological polar surface area (TPSA) is 76.7 Å². The highest BCUT2D eigenvalue weighted by Crippen LogP contribution is 2.29. The van der Waals surface area contributed by atoms with Gasteiger partial charge in [-0.25, -0.2) is 9.78 Å². The lowest BCUT2D eigenvalue weighted by Gasteiger charge is -2.04. The molecule has 2 aromatic heterocycles. The highest BCUT2D eigenvalue weighted by Gasteiger charge is 2.14. The summed E-state index contributed by atoms with van der Waals surface area (Å²) in [6, 6.07) is 12.5. The Balaban J connectivity index is 1.60. The maximum Gasteiger partial charge on any atom is 0.345 e. The summed E-state index contributed by atoms with van der Waals surface area (Å²) in [5, 5.41) is 8.33. The third kappa shape index (κ3) is 4.05. The lowest BCUT2D eigenvalue weighted by Crippen LogP contribution is -2.04. The summed E-state index contributed by atoms with van der Waals surface area (Å²) in [5.41, 5.74) is 5.24. The van der Waals surface area contributed by atoms with Gasteiger partial charge in [0, 0.05) is 10.8 Å². The van der Waals surface area contributed by atoms with Gasteiger partial charge in [-0.15, -0.1) is 11.3 Å². The number of halogens is 2. The Hall–Kier alpha value is -2.87. The number of fused-ring (bicyclic) bond motifs is 1. The summed E-state index contributed by atoms with van der Waals surface area (Å²) in [5.74, 6) is 0.504. The van der Waals surface area contributed by atoms with E-state index < -0.39 is 5.63 Å². The third-order valence-electron chi connectivity index (χ3n) is 4.38. The van der Waals surface area contributed by atoms with Crippen LogP contribution in [0, 0.1) is 0 Å². The normalized spacial score (nSPS) is 11.7. The molecule has 4 rings (SSSR count). The number of anilines is 1. The van der Waals surface area contributed by atoms with Crippen molar-refractivity contribution in [1.29, 1.82) is 0 Å². The minimum Gasteiger partial charge on any atom is -0.493 e. The molecule has 0 aliphatic rings. The van der Waals surface area contributed by atoms with Gasteiger partial charge in [0.25, 0.3) is 0 Å². The molecule has 0 bridgehead atoms. The molecule has 0 unspecified atom stereocenters. The first-order valence-electron chi connectivity index (χ1n) is 8.79. The number of para-hydroxylation sites is 1. The number of hydrogen-bond donors (Lipinski definition) is 1. The number of nitrogens with zero attached hydrogens (tertiary/aromatic N) is 2. The molecule has 0 atom stereocenters. The molecule has 0 spiro atoms. The summed E-state index contributed by atoms with van der Waals surface area (Å²) in [6.45, 7) is 1.84. The molecule has 0 aliphatic carbocycles. The van der Waals surface area contributed by atoms with E-state index in [-0.39, 0.29) is 0 Å². The van der Waals surface area contributed by atoms with Crippen molar-refractivity contribution in [3.63, 3.8) is 0 Å². The van der Waals surface area contributed by atoms with Gasteiger partial charge in [0.1, 0.15) is 0 Å². The summed E-state index contributed by atoms with van der Waals surface area (Å²) in [7, 11) is 1.53. The predicted octanol–water partition coefficient (Wildman–Crippen LogP) is 6.07. The van der Waals surface area contributed by atoms with Crippen LogP contribution in [0.4, 0.5) is 5.13 Å². The smallest absolute Gasteiger partial charge is 0.345 e. The van der Waals surface area contributed by atoms with Crippen LogP contribution in [-0.2, 0) is 0 Å². The molecule has 0 radical (unpaired) electrons. The zero-order chi connectivity index (χ0) is 21.3. The zero-order valence-corrected chi connectivity index (χ0v) is 18.2. The number of rotatable bonds is 5. The fourth-order valence-electron chi connectivity index (χ4n) is 2.82. The van der Waals surface area contributed by atoms with Crippen LogP contribution in [0.1, 0.15) is 12.5 Å². The van der Waals surface area contributed by atoms with Gasteiger partial charge in [-0.05, 0) is 36.8 Å². The van der Waals surface area contributed by atoms with E-state index >= 15 is 0 Å². The predicted molar refractivity (Wildman–Crippen MR) is 122 cm³/mol. The summed E-state index contributed by atoms with van der Waals surface area (Å²) < 4.78 is 10.7. The molecule has 4 aromatic rings. The fourth-order valence-corrected chi connectivity index (χ4v) is 3.77. The van der Waals surface area contributed by atoms with E-state index in [0.717, 1.165) is 10.9 Å². The quantitative estimate of drug-likeness (QED) is 0.222. The highest BCUT2D eigenvalue weighted by atomic mass is 35.5. The molecule has 6 nitrogen and oxygen atoms in total. The Morgan fingerprint density at radius 3 is 2.80 bits per heavy atom. The van der Waals surface area contributed by atoms with Crippen molar-refractivity contribution >= 4 is 56.4 Å². The standard InChI is InChI=1S/C21H15Cl2N3O3S/c1-11(12-6-7-15(22)16(23)9-12)25-26-21-24-17(10-30-21)14-8-13-4-3-5-18(28-2)19(13)29-20(14)27/h3-10H,1-2H3,(H,24,26)/b25-11-. The van der Waals surface area contributed by atoms with Gasteiger partial charge >= 0.3 is 5.63 Å². The van der Waals surface area contributed by atoms with Gasteiger partial charge in [0.05, 0.1) is 34.1 Å². The fraction of sp³-hybridized carbons (Fsp3) is 0.0952. The summed E-state index contributed by atoms with van der Waals surface area (Å²) in [4.78, 5) is 16.9. The minimum atomic E-state index is -0.487.